The van der Waals surface area contributed by atoms with E-state index in [1.54, 1.807) is 18.5 Å². The monoisotopic (exact) mass is 603 g/mol. The molecule has 1 aliphatic carbocycles. The number of aryl methyl sites for hydroxylation is 2. The Morgan fingerprint density at radius 1 is 1.29 bits per heavy atom. The summed E-state index contributed by atoms with van der Waals surface area (Å²) in [6.45, 7) is 4.14. The minimum absolute atomic E-state index is 0.109. The molecular formula is C28H28ClF2N5O4S. The van der Waals surface area contributed by atoms with Gasteiger partial charge < -0.3 is 14.8 Å². The quantitative estimate of drug-likeness (QED) is 0.289. The summed E-state index contributed by atoms with van der Waals surface area (Å²) < 4.78 is 40.7. The third-order valence-electron chi connectivity index (χ3n) is 7.32. The second-order valence-electron chi connectivity index (χ2n) is 9.65. The fraction of sp³-hybridized carbons (Fsp3) is 0.393. The maximum absolute atomic E-state index is 14.6. The summed E-state index contributed by atoms with van der Waals surface area (Å²) in [5.74, 6) is -3.05. The Morgan fingerprint density at radius 2 is 2.10 bits per heavy atom. The van der Waals surface area contributed by atoms with Crippen LogP contribution >= 0.6 is 22.9 Å². The molecule has 5 rings (SSSR count). The summed E-state index contributed by atoms with van der Waals surface area (Å²) >= 11 is 7.65. The SMILES string of the molecule is CCOC(=O)C1=C(C2CCc3nn(CCC(=O)OC)c(C)c3C2)NC(c2nccs2)=NC1c1ccc(F)c(F)c1Cl. The molecule has 0 bridgehead atoms. The van der Waals surface area contributed by atoms with Gasteiger partial charge in [0.15, 0.2) is 22.5 Å². The predicted octanol–water partition coefficient (Wildman–Crippen LogP) is 4.86. The van der Waals surface area contributed by atoms with Crippen LogP contribution in [0.4, 0.5) is 8.78 Å². The molecule has 216 valence electrons. The Labute approximate surface area is 244 Å². The number of aliphatic imine (C=N–C) groups is 1. The number of thiazole rings is 1. The summed E-state index contributed by atoms with van der Waals surface area (Å²) in [5.41, 5.74) is 3.80. The molecule has 0 saturated heterocycles. The van der Waals surface area contributed by atoms with Crippen LogP contribution in [0.3, 0.4) is 0 Å². The highest BCUT2D eigenvalue weighted by molar-refractivity contribution is 7.11. The van der Waals surface area contributed by atoms with Gasteiger partial charge in [-0.05, 0) is 44.7 Å². The van der Waals surface area contributed by atoms with Crippen LogP contribution in [-0.4, -0.2) is 46.3 Å². The number of carbonyl (C=O) groups excluding carboxylic acids is 2. The molecule has 1 N–H and O–H groups in total. The molecule has 2 atom stereocenters. The molecule has 0 radical (unpaired) electrons. The highest BCUT2D eigenvalue weighted by Gasteiger charge is 2.39. The van der Waals surface area contributed by atoms with Crippen molar-refractivity contribution in [2.45, 2.75) is 52.1 Å². The van der Waals surface area contributed by atoms with Crippen molar-refractivity contribution in [1.82, 2.24) is 20.1 Å². The number of methoxy groups -OCH3 is 1. The predicted molar refractivity (Wildman–Crippen MR) is 149 cm³/mol. The average Bonchev–Trinajstić information content (AvgIpc) is 3.62. The lowest BCUT2D eigenvalue weighted by Crippen LogP contribution is -2.38. The van der Waals surface area contributed by atoms with Gasteiger partial charge >= 0.3 is 11.9 Å². The standard InChI is InChI=1S/C28H28ClF2N5O4S/c1-4-40-28(38)21-24(15-5-8-19-17(13-15)14(2)36(35-19)11-9-20(37)39-3)33-26(27-32-10-12-41-27)34-25(21)16-6-7-18(30)23(31)22(16)29/h6-7,10,12,15,25H,4-5,8-9,11,13H2,1-3H3,(H,33,34). The summed E-state index contributed by atoms with van der Waals surface area (Å²) in [4.78, 5) is 34.3. The molecular weight excluding hydrogens is 576 g/mol. The highest BCUT2D eigenvalue weighted by Crippen LogP contribution is 2.42. The third kappa shape index (κ3) is 5.62. The van der Waals surface area contributed by atoms with E-state index in [1.165, 1.54) is 24.5 Å². The van der Waals surface area contributed by atoms with E-state index in [2.05, 4.69) is 10.3 Å². The van der Waals surface area contributed by atoms with Gasteiger partial charge in [0.2, 0.25) is 0 Å². The third-order valence-corrected chi connectivity index (χ3v) is 8.49. The smallest absolute Gasteiger partial charge is 0.338 e. The molecule has 2 aliphatic rings. The molecule has 1 aromatic carbocycles. The number of amidine groups is 1. The number of nitrogens with one attached hydrogen (secondary N) is 1. The van der Waals surface area contributed by atoms with E-state index < -0.39 is 28.7 Å². The Bertz CT molecular complexity index is 1550. The summed E-state index contributed by atoms with van der Waals surface area (Å²) in [6.07, 6.45) is 3.66. The number of esters is 2. The minimum Gasteiger partial charge on any atom is -0.469 e. The number of ether oxygens (including phenoxy) is 2. The largest absolute Gasteiger partial charge is 0.469 e. The number of benzene rings is 1. The fourth-order valence-electron chi connectivity index (χ4n) is 5.28. The first-order chi connectivity index (χ1) is 19.7. The Kier molecular flexibility index (Phi) is 8.50. The lowest BCUT2D eigenvalue weighted by molar-refractivity contribution is -0.141. The first-order valence-corrected chi connectivity index (χ1v) is 14.4. The molecule has 2 unspecified atom stereocenters. The second kappa shape index (κ2) is 12.1. The van der Waals surface area contributed by atoms with E-state index in [1.807, 2.05) is 11.6 Å². The van der Waals surface area contributed by atoms with E-state index in [4.69, 9.17) is 31.2 Å². The van der Waals surface area contributed by atoms with Crippen LogP contribution in [0, 0.1) is 24.5 Å². The number of hydrogen-bond donors (Lipinski definition) is 1. The number of rotatable bonds is 8. The van der Waals surface area contributed by atoms with Crippen LogP contribution < -0.4 is 5.32 Å². The van der Waals surface area contributed by atoms with Gasteiger partial charge in [0.1, 0.15) is 6.04 Å². The minimum atomic E-state index is -1.21. The number of carbonyl (C=O) groups is 2. The molecule has 3 heterocycles. The van der Waals surface area contributed by atoms with Gasteiger partial charge in [-0.2, -0.15) is 5.10 Å². The van der Waals surface area contributed by atoms with Crippen molar-refractivity contribution >= 4 is 40.7 Å². The zero-order valence-corrected chi connectivity index (χ0v) is 24.2. The van der Waals surface area contributed by atoms with Gasteiger partial charge in [-0.25, -0.2) is 18.6 Å². The van der Waals surface area contributed by atoms with Crippen LogP contribution in [0.1, 0.15) is 53.3 Å². The van der Waals surface area contributed by atoms with Crippen molar-refractivity contribution in [2.24, 2.45) is 10.9 Å². The van der Waals surface area contributed by atoms with E-state index in [9.17, 15) is 18.4 Å². The fourth-order valence-corrected chi connectivity index (χ4v) is 6.13. The van der Waals surface area contributed by atoms with Crippen LogP contribution in [0.2, 0.25) is 5.02 Å². The zero-order chi connectivity index (χ0) is 29.3. The lowest BCUT2D eigenvalue weighted by atomic mass is 9.80. The van der Waals surface area contributed by atoms with Crippen molar-refractivity contribution in [2.75, 3.05) is 13.7 Å². The number of halogens is 3. The summed E-state index contributed by atoms with van der Waals surface area (Å²) in [7, 11) is 1.35. The average molecular weight is 604 g/mol. The topological polar surface area (TPSA) is 108 Å². The maximum atomic E-state index is 14.6. The lowest BCUT2D eigenvalue weighted by Gasteiger charge is -2.33. The Morgan fingerprint density at radius 3 is 2.80 bits per heavy atom. The molecule has 41 heavy (non-hydrogen) atoms. The van der Waals surface area contributed by atoms with E-state index in [-0.39, 0.29) is 36.1 Å². The second-order valence-corrected chi connectivity index (χ2v) is 10.9. The number of nitrogens with zero attached hydrogens (tertiary/aromatic N) is 4. The molecule has 3 aromatic rings. The van der Waals surface area contributed by atoms with Gasteiger partial charge in [-0.15, -0.1) is 11.3 Å². The van der Waals surface area contributed by atoms with Crippen LogP contribution in [0.15, 0.2) is 40.0 Å². The van der Waals surface area contributed by atoms with Gasteiger partial charge in [0.05, 0.1) is 43.0 Å². The first kappa shape index (κ1) is 28.9. The van der Waals surface area contributed by atoms with Crippen LogP contribution in [-0.2, 0) is 38.4 Å². The number of aromatic nitrogens is 3. The van der Waals surface area contributed by atoms with Crippen molar-refractivity contribution in [3.05, 3.63) is 79.2 Å². The highest BCUT2D eigenvalue weighted by atomic mass is 35.5. The number of allylic oxidation sites excluding steroid dienone is 1. The maximum Gasteiger partial charge on any atom is 0.338 e. The molecule has 0 saturated carbocycles. The van der Waals surface area contributed by atoms with E-state index >= 15 is 0 Å². The Hall–Kier alpha value is -3.64. The molecule has 2 aromatic heterocycles. The van der Waals surface area contributed by atoms with Gasteiger partial charge in [-0.3, -0.25) is 14.5 Å². The summed E-state index contributed by atoms with van der Waals surface area (Å²) in [5, 5.41) is 9.97. The molecule has 9 nitrogen and oxygen atoms in total. The van der Waals surface area contributed by atoms with Crippen molar-refractivity contribution in [1.29, 1.82) is 0 Å². The van der Waals surface area contributed by atoms with Crippen LogP contribution in [0.5, 0.6) is 0 Å². The normalized spacial score (nSPS) is 18.4. The molecule has 0 spiro atoms. The summed E-state index contributed by atoms with van der Waals surface area (Å²) in [6, 6.07) is 1.25. The van der Waals surface area contributed by atoms with Crippen molar-refractivity contribution < 1.29 is 27.8 Å². The molecule has 0 amide bonds. The number of hydrogen-bond acceptors (Lipinski definition) is 9. The molecule has 13 heteroatoms. The van der Waals surface area contributed by atoms with Gasteiger partial charge in [0, 0.05) is 34.4 Å². The van der Waals surface area contributed by atoms with E-state index in [0.717, 1.165) is 23.0 Å². The van der Waals surface area contributed by atoms with E-state index in [0.29, 0.717) is 42.3 Å². The van der Waals surface area contributed by atoms with Gasteiger partial charge in [0.25, 0.3) is 0 Å². The van der Waals surface area contributed by atoms with Gasteiger partial charge in [-0.1, -0.05) is 17.7 Å². The van der Waals surface area contributed by atoms with Crippen molar-refractivity contribution in [3.8, 4) is 0 Å². The van der Waals surface area contributed by atoms with Crippen LogP contribution in [0.25, 0.3) is 0 Å². The zero-order valence-electron chi connectivity index (χ0n) is 22.7. The number of fused-ring (bicyclic) bond motifs is 1. The van der Waals surface area contributed by atoms with Crippen molar-refractivity contribution in [3.63, 3.8) is 0 Å². The molecule has 1 aliphatic heterocycles. The first-order valence-electron chi connectivity index (χ1n) is 13.1. The molecule has 0 fully saturated rings. The Balaban J connectivity index is 1.60.